The third-order valence-electron chi connectivity index (χ3n) is 2.42. The maximum Gasteiger partial charge on any atom is 0.387 e. The lowest BCUT2D eigenvalue weighted by Gasteiger charge is -2.09. The molecule has 2 rings (SSSR count). The fourth-order valence-corrected chi connectivity index (χ4v) is 1.75. The number of pyridine rings is 1. The van der Waals surface area contributed by atoms with Crippen molar-refractivity contribution in [3.05, 3.63) is 53.1 Å². The number of hydrogen-bond donors (Lipinski definition) is 1. The average molecular weight is 317 g/mol. The first-order chi connectivity index (χ1) is 9.97. The summed E-state index contributed by atoms with van der Waals surface area (Å²) in [4.78, 5) is 15.4. The van der Waals surface area contributed by atoms with E-state index in [1.807, 2.05) is 0 Å². The number of hydrogen-bond acceptors (Lipinski definition) is 3. The van der Waals surface area contributed by atoms with Gasteiger partial charge in [-0.3, -0.25) is 9.78 Å². The molecule has 1 heterocycles. The van der Waals surface area contributed by atoms with Crippen molar-refractivity contribution in [2.75, 3.05) is 5.32 Å². The Balaban J connectivity index is 2.15. The minimum absolute atomic E-state index is 0.108. The van der Waals surface area contributed by atoms with Crippen molar-refractivity contribution in [3.8, 4) is 5.75 Å². The van der Waals surface area contributed by atoms with Gasteiger partial charge in [0, 0.05) is 11.9 Å². The first-order valence-electron chi connectivity index (χ1n) is 5.62. The Hall–Kier alpha value is -2.28. The molecule has 110 valence electrons. The number of carbonyl (C=O) groups excluding carboxylic acids is 1. The van der Waals surface area contributed by atoms with Crippen LogP contribution in [-0.2, 0) is 0 Å². The van der Waals surface area contributed by atoms with Crippen LogP contribution in [0.25, 0.3) is 0 Å². The Kier molecular flexibility index (Phi) is 4.64. The highest BCUT2D eigenvalue weighted by Gasteiger charge is 2.13. The number of rotatable bonds is 4. The number of nitrogens with zero attached hydrogens (tertiary/aromatic N) is 1. The number of ether oxygens (including phenoxy) is 1. The molecule has 0 unspecified atom stereocenters. The van der Waals surface area contributed by atoms with E-state index in [4.69, 9.17) is 11.6 Å². The van der Waals surface area contributed by atoms with E-state index < -0.39 is 18.3 Å². The van der Waals surface area contributed by atoms with E-state index in [9.17, 15) is 18.0 Å². The summed E-state index contributed by atoms with van der Waals surface area (Å²) in [5, 5.41) is 2.28. The van der Waals surface area contributed by atoms with E-state index in [0.717, 1.165) is 6.20 Å². The highest BCUT2D eigenvalue weighted by Crippen LogP contribution is 2.29. The lowest BCUT2D eigenvalue weighted by Crippen LogP contribution is -2.14. The van der Waals surface area contributed by atoms with Crippen molar-refractivity contribution in [2.24, 2.45) is 0 Å². The smallest absolute Gasteiger partial charge is 0.387 e. The second-order valence-electron chi connectivity index (χ2n) is 3.83. The lowest BCUT2D eigenvalue weighted by atomic mass is 10.2. The highest BCUT2D eigenvalue weighted by molar-refractivity contribution is 6.32. The van der Waals surface area contributed by atoms with Gasteiger partial charge in [0.05, 0.1) is 16.8 Å². The molecule has 1 N–H and O–H groups in total. The molecule has 0 atom stereocenters. The van der Waals surface area contributed by atoms with Crippen molar-refractivity contribution in [3.63, 3.8) is 0 Å². The van der Waals surface area contributed by atoms with E-state index in [-0.39, 0.29) is 22.0 Å². The van der Waals surface area contributed by atoms with Crippen LogP contribution in [0.4, 0.5) is 18.9 Å². The molecule has 21 heavy (non-hydrogen) atoms. The Bertz CT molecular complexity index is 668. The molecule has 1 aromatic heterocycles. The molecule has 1 aromatic carbocycles. The van der Waals surface area contributed by atoms with E-state index in [1.165, 1.54) is 30.5 Å². The molecule has 0 saturated heterocycles. The van der Waals surface area contributed by atoms with Gasteiger partial charge in [-0.25, -0.2) is 4.39 Å². The zero-order valence-corrected chi connectivity index (χ0v) is 11.1. The number of halogens is 4. The van der Waals surface area contributed by atoms with Gasteiger partial charge in [0.1, 0.15) is 5.75 Å². The van der Waals surface area contributed by atoms with Gasteiger partial charge in [0.2, 0.25) is 0 Å². The molecule has 2 aromatic rings. The predicted octanol–water partition coefficient (Wildman–Crippen LogP) is 3.73. The minimum Gasteiger partial charge on any atom is -0.433 e. The van der Waals surface area contributed by atoms with Gasteiger partial charge in [-0.2, -0.15) is 8.78 Å². The third-order valence-corrected chi connectivity index (χ3v) is 2.72. The van der Waals surface area contributed by atoms with E-state index in [1.54, 1.807) is 0 Å². The monoisotopic (exact) mass is 316 g/mol. The number of carbonyl (C=O) groups is 1. The van der Waals surface area contributed by atoms with Crippen LogP contribution >= 0.6 is 11.6 Å². The van der Waals surface area contributed by atoms with Crippen LogP contribution < -0.4 is 10.1 Å². The molecule has 0 fully saturated rings. The summed E-state index contributed by atoms with van der Waals surface area (Å²) in [6, 6.07) is 4.91. The van der Waals surface area contributed by atoms with Crippen LogP contribution in [0.3, 0.4) is 0 Å². The zero-order chi connectivity index (χ0) is 15.4. The molecule has 0 aliphatic heterocycles. The maximum atomic E-state index is 13.4. The second-order valence-corrected chi connectivity index (χ2v) is 4.24. The van der Waals surface area contributed by atoms with Crippen molar-refractivity contribution in [1.29, 1.82) is 0 Å². The average Bonchev–Trinajstić information content (AvgIpc) is 2.42. The SMILES string of the molecule is O=C(Nc1ccc(OC(F)F)c(Cl)c1)c1ccncc1F. The van der Waals surface area contributed by atoms with Crippen LogP contribution in [0, 0.1) is 5.82 Å². The molecule has 0 bridgehead atoms. The fraction of sp³-hybridized carbons (Fsp3) is 0.0769. The summed E-state index contributed by atoms with van der Waals surface area (Å²) in [5.74, 6) is -1.72. The molecule has 0 aliphatic rings. The Morgan fingerprint density at radius 2 is 2.10 bits per heavy atom. The number of benzene rings is 1. The quantitative estimate of drug-likeness (QED) is 0.935. The molecule has 4 nitrogen and oxygen atoms in total. The Labute approximate surface area is 122 Å². The summed E-state index contributed by atoms with van der Waals surface area (Å²) >= 11 is 5.74. The zero-order valence-electron chi connectivity index (χ0n) is 10.3. The highest BCUT2D eigenvalue weighted by atomic mass is 35.5. The summed E-state index contributed by atoms with van der Waals surface area (Å²) in [6.07, 6.45) is 2.17. The minimum atomic E-state index is -3.01. The van der Waals surface area contributed by atoms with Gasteiger partial charge in [-0.1, -0.05) is 11.6 Å². The van der Waals surface area contributed by atoms with Gasteiger partial charge < -0.3 is 10.1 Å². The largest absolute Gasteiger partial charge is 0.433 e. The van der Waals surface area contributed by atoms with Gasteiger partial charge in [0.25, 0.3) is 5.91 Å². The van der Waals surface area contributed by atoms with Crippen LogP contribution in [0.5, 0.6) is 5.75 Å². The Morgan fingerprint density at radius 3 is 2.71 bits per heavy atom. The summed E-state index contributed by atoms with van der Waals surface area (Å²) in [7, 11) is 0. The van der Waals surface area contributed by atoms with Crippen molar-refractivity contribution >= 4 is 23.2 Å². The molecule has 0 aliphatic carbocycles. The van der Waals surface area contributed by atoms with Crippen LogP contribution in [0.2, 0.25) is 5.02 Å². The molecular weight excluding hydrogens is 309 g/mol. The van der Waals surface area contributed by atoms with Crippen LogP contribution in [-0.4, -0.2) is 17.5 Å². The first-order valence-corrected chi connectivity index (χ1v) is 6.00. The van der Waals surface area contributed by atoms with E-state index >= 15 is 0 Å². The number of amides is 1. The van der Waals surface area contributed by atoms with Gasteiger partial charge in [0.15, 0.2) is 5.82 Å². The Morgan fingerprint density at radius 1 is 1.33 bits per heavy atom. The number of aromatic nitrogens is 1. The van der Waals surface area contributed by atoms with E-state index in [0.29, 0.717) is 0 Å². The molecule has 0 radical (unpaired) electrons. The third kappa shape index (κ3) is 3.85. The first kappa shape index (κ1) is 15.1. The molecule has 0 saturated carbocycles. The molecule has 0 spiro atoms. The number of nitrogens with one attached hydrogen (secondary N) is 1. The van der Waals surface area contributed by atoms with Crippen LogP contribution in [0.15, 0.2) is 36.7 Å². The number of anilines is 1. The van der Waals surface area contributed by atoms with Crippen molar-refractivity contribution in [1.82, 2.24) is 4.98 Å². The molecule has 8 heteroatoms. The van der Waals surface area contributed by atoms with Gasteiger partial charge in [-0.05, 0) is 24.3 Å². The van der Waals surface area contributed by atoms with Gasteiger partial charge in [-0.15, -0.1) is 0 Å². The standard InChI is InChI=1S/C13H8ClF3N2O2/c14-9-5-7(1-2-11(9)21-13(16)17)19-12(20)8-3-4-18-6-10(8)15/h1-6,13H,(H,19,20). The second kappa shape index (κ2) is 6.45. The van der Waals surface area contributed by atoms with E-state index in [2.05, 4.69) is 15.0 Å². The number of alkyl halides is 2. The fourth-order valence-electron chi connectivity index (χ4n) is 1.53. The van der Waals surface area contributed by atoms with Crippen LogP contribution in [0.1, 0.15) is 10.4 Å². The normalized spacial score (nSPS) is 10.5. The molecule has 1 amide bonds. The molecular formula is C13H8ClF3N2O2. The van der Waals surface area contributed by atoms with Gasteiger partial charge >= 0.3 is 6.61 Å². The summed E-state index contributed by atoms with van der Waals surface area (Å²) in [5.41, 5.74) is 0.0110. The lowest BCUT2D eigenvalue weighted by molar-refractivity contribution is -0.0497. The summed E-state index contributed by atoms with van der Waals surface area (Å²) in [6.45, 7) is -3.01. The maximum absolute atomic E-state index is 13.4. The topological polar surface area (TPSA) is 51.2 Å². The van der Waals surface area contributed by atoms with Crippen molar-refractivity contribution in [2.45, 2.75) is 6.61 Å². The van der Waals surface area contributed by atoms with Crippen molar-refractivity contribution < 1.29 is 22.7 Å². The summed E-state index contributed by atoms with van der Waals surface area (Å²) < 4.78 is 41.7. The predicted molar refractivity (Wildman–Crippen MR) is 70.2 cm³/mol.